The number of anilines is 2. The van der Waals surface area contributed by atoms with Crippen LogP contribution in [0, 0.1) is 11.7 Å². The first-order valence-electron chi connectivity index (χ1n) is 12.1. The van der Waals surface area contributed by atoms with Crippen molar-refractivity contribution in [2.75, 3.05) is 57.5 Å². The van der Waals surface area contributed by atoms with Gasteiger partial charge in [0.05, 0.1) is 16.9 Å². The average Bonchev–Trinajstić information content (AvgIpc) is 2.85. The molecule has 1 N–H and O–H groups in total. The Morgan fingerprint density at radius 3 is 2.47 bits per heavy atom. The van der Waals surface area contributed by atoms with Crippen LogP contribution in [-0.2, 0) is 16.1 Å². The van der Waals surface area contributed by atoms with Gasteiger partial charge in [0.25, 0.3) is 5.91 Å². The fourth-order valence-electron chi connectivity index (χ4n) is 4.55. The fourth-order valence-corrected chi connectivity index (χ4v) is 4.55. The van der Waals surface area contributed by atoms with Gasteiger partial charge in [-0.2, -0.15) is 13.2 Å². The number of carbonyl (C=O) groups excluding carboxylic acids is 2. The molecule has 2 aliphatic rings. The predicted molar refractivity (Wildman–Crippen MR) is 139 cm³/mol. The van der Waals surface area contributed by atoms with Crippen molar-refractivity contribution >= 4 is 29.4 Å². The van der Waals surface area contributed by atoms with Crippen LogP contribution in [0.15, 0.2) is 53.0 Å². The molecule has 0 aromatic heterocycles. The number of halogens is 4. The maximum absolute atomic E-state index is 14.9. The number of benzene rings is 2. The minimum absolute atomic E-state index is 0.251. The number of dihydropyridines is 1. The third-order valence-corrected chi connectivity index (χ3v) is 6.51. The minimum Gasteiger partial charge on any atom is -0.367 e. The van der Waals surface area contributed by atoms with Gasteiger partial charge in [0.1, 0.15) is 11.7 Å². The number of hydrogen-bond donors (Lipinski definition) is 1. The highest BCUT2D eigenvalue weighted by Crippen LogP contribution is 2.36. The molecule has 0 bridgehead atoms. The topological polar surface area (TPSA) is 68.2 Å². The van der Waals surface area contributed by atoms with Crippen LogP contribution in [0.4, 0.5) is 28.9 Å². The first-order chi connectivity index (χ1) is 17.9. The quantitative estimate of drug-likeness (QED) is 0.572. The van der Waals surface area contributed by atoms with Crippen LogP contribution in [0.1, 0.15) is 5.56 Å². The van der Waals surface area contributed by atoms with Gasteiger partial charge in [0.15, 0.2) is 0 Å². The summed E-state index contributed by atoms with van der Waals surface area (Å²) in [6.07, 6.45) is -3.83. The van der Waals surface area contributed by atoms with Crippen molar-refractivity contribution in [2.45, 2.75) is 12.7 Å². The number of hydrogen-bond acceptors (Lipinski definition) is 5. The van der Waals surface area contributed by atoms with Gasteiger partial charge in [0.2, 0.25) is 5.91 Å². The summed E-state index contributed by atoms with van der Waals surface area (Å²) >= 11 is 0. The molecule has 7 nitrogen and oxygen atoms in total. The molecule has 0 aliphatic carbocycles. The molecule has 1 unspecified atom stereocenters. The maximum atomic E-state index is 14.9. The largest absolute Gasteiger partial charge is 0.414 e. The van der Waals surface area contributed by atoms with Crippen LogP contribution in [-0.4, -0.2) is 81.3 Å². The van der Waals surface area contributed by atoms with E-state index in [-0.39, 0.29) is 5.69 Å². The predicted octanol–water partition coefficient (Wildman–Crippen LogP) is 3.96. The second kappa shape index (κ2) is 11.0. The van der Waals surface area contributed by atoms with Gasteiger partial charge in [-0.1, -0.05) is 12.1 Å². The Balaban J connectivity index is 1.73. The maximum Gasteiger partial charge on any atom is 0.414 e. The average molecular weight is 532 g/mol. The zero-order valence-corrected chi connectivity index (χ0v) is 21.3. The Hall–Kier alpha value is -3.57. The molecule has 1 saturated heterocycles. The molecular formula is C27H29F4N5O2. The zero-order valence-electron chi connectivity index (χ0n) is 21.3. The summed E-state index contributed by atoms with van der Waals surface area (Å²) in [5, 5.41) is 2.61. The number of alkyl halides is 3. The van der Waals surface area contributed by atoms with Crippen LogP contribution >= 0.6 is 0 Å². The third kappa shape index (κ3) is 6.28. The van der Waals surface area contributed by atoms with Gasteiger partial charge in [0, 0.05) is 50.6 Å². The van der Waals surface area contributed by atoms with E-state index in [1.807, 2.05) is 30.9 Å². The molecule has 11 heteroatoms. The van der Waals surface area contributed by atoms with Crippen molar-refractivity contribution in [1.82, 2.24) is 9.80 Å². The Morgan fingerprint density at radius 2 is 1.82 bits per heavy atom. The molecule has 1 fully saturated rings. The number of aliphatic imine (C=N–C) groups is 1. The molecule has 1 atom stereocenters. The number of likely N-dealkylation sites (N-methyl/N-ethyl adjacent to an activating group) is 1. The zero-order chi connectivity index (χ0) is 27.6. The van der Waals surface area contributed by atoms with E-state index in [0.717, 1.165) is 18.7 Å². The summed E-state index contributed by atoms with van der Waals surface area (Å²) in [5.74, 6) is -4.32. The number of nitrogens with one attached hydrogen (secondary N) is 1. The third-order valence-electron chi connectivity index (χ3n) is 6.51. The number of piperazine rings is 1. The van der Waals surface area contributed by atoms with Crippen LogP contribution in [0.25, 0.3) is 11.1 Å². The molecule has 4 rings (SSSR count). The number of amides is 2. The summed E-state index contributed by atoms with van der Waals surface area (Å²) in [6.45, 7) is 3.38. The van der Waals surface area contributed by atoms with Crippen LogP contribution in [0.3, 0.4) is 0 Å². The highest BCUT2D eigenvalue weighted by Gasteiger charge is 2.43. The van der Waals surface area contributed by atoms with Gasteiger partial charge in [-0.15, -0.1) is 0 Å². The van der Waals surface area contributed by atoms with Gasteiger partial charge >= 0.3 is 6.18 Å². The lowest BCUT2D eigenvalue weighted by molar-refractivity contribution is -0.124. The molecule has 2 heterocycles. The van der Waals surface area contributed by atoms with E-state index in [0.29, 0.717) is 48.7 Å². The Morgan fingerprint density at radius 1 is 1.11 bits per heavy atom. The summed E-state index contributed by atoms with van der Waals surface area (Å²) < 4.78 is 55.7. The smallest absolute Gasteiger partial charge is 0.367 e. The molecule has 0 spiro atoms. The minimum atomic E-state index is -4.89. The second-order valence-corrected chi connectivity index (χ2v) is 9.76. The molecule has 202 valence electrons. The Labute approximate surface area is 218 Å². The van der Waals surface area contributed by atoms with Gasteiger partial charge in [-0.25, -0.2) is 9.38 Å². The molecule has 2 aromatic rings. The molecule has 2 aromatic carbocycles. The van der Waals surface area contributed by atoms with Crippen LogP contribution < -0.4 is 10.2 Å². The van der Waals surface area contributed by atoms with Gasteiger partial charge in [-0.05, 0) is 56.5 Å². The van der Waals surface area contributed by atoms with Crippen molar-refractivity contribution in [3.05, 3.63) is 59.4 Å². The van der Waals surface area contributed by atoms with E-state index in [1.165, 1.54) is 6.07 Å². The van der Waals surface area contributed by atoms with E-state index in [2.05, 4.69) is 15.2 Å². The fraction of sp³-hybridized carbons (Fsp3) is 0.370. The standard InChI is InChI=1S/C27H29F4N5O2/c1-34(2)16-17-4-6-22(28)19(12-17)18-5-7-24(36-10-8-35(3)9-11-36)23(13-18)33-26(38)20-15-32-25(37)14-21(20)27(29,30)31/h4-7,12-15,20H,8-11,16H2,1-3H3,(H,33,38). The van der Waals surface area contributed by atoms with E-state index in [9.17, 15) is 27.2 Å². The van der Waals surface area contributed by atoms with E-state index < -0.39 is 35.3 Å². The molecular weight excluding hydrogens is 502 g/mol. The van der Waals surface area contributed by atoms with Crippen molar-refractivity contribution in [3.63, 3.8) is 0 Å². The summed E-state index contributed by atoms with van der Waals surface area (Å²) in [6, 6.07) is 9.84. The lowest BCUT2D eigenvalue weighted by Gasteiger charge is -2.35. The summed E-state index contributed by atoms with van der Waals surface area (Å²) in [7, 11) is 5.78. The normalized spacial score (nSPS) is 18.6. The number of nitrogens with zero attached hydrogens (tertiary/aromatic N) is 4. The van der Waals surface area contributed by atoms with Crippen molar-refractivity contribution in [1.29, 1.82) is 0 Å². The first-order valence-corrected chi connectivity index (χ1v) is 12.1. The van der Waals surface area contributed by atoms with E-state index in [4.69, 9.17) is 0 Å². The SMILES string of the molecule is CN(C)Cc1ccc(F)c(-c2ccc(N3CCN(C)CC3)c(NC(=O)C3C=NC(=O)C=C3C(F)(F)F)c2)c1. The van der Waals surface area contributed by atoms with Gasteiger partial charge < -0.3 is 20.0 Å². The van der Waals surface area contributed by atoms with Crippen molar-refractivity contribution in [2.24, 2.45) is 10.9 Å². The monoisotopic (exact) mass is 531 g/mol. The Kier molecular flexibility index (Phi) is 7.98. The van der Waals surface area contributed by atoms with E-state index in [1.54, 1.807) is 30.3 Å². The summed E-state index contributed by atoms with van der Waals surface area (Å²) in [5.41, 5.74) is 1.24. The van der Waals surface area contributed by atoms with Crippen molar-refractivity contribution in [3.8, 4) is 11.1 Å². The van der Waals surface area contributed by atoms with E-state index >= 15 is 0 Å². The number of carbonyl (C=O) groups is 2. The second-order valence-electron chi connectivity index (χ2n) is 9.76. The Bertz CT molecular complexity index is 1280. The summed E-state index contributed by atoms with van der Waals surface area (Å²) in [4.78, 5) is 34.2. The number of rotatable bonds is 6. The van der Waals surface area contributed by atoms with Gasteiger partial charge in [-0.3, -0.25) is 9.59 Å². The highest BCUT2D eigenvalue weighted by molar-refractivity contribution is 6.11. The molecule has 0 radical (unpaired) electrons. The lowest BCUT2D eigenvalue weighted by atomic mass is 9.95. The molecule has 0 saturated carbocycles. The first kappa shape index (κ1) is 27.5. The van der Waals surface area contributed by atoms with Crippen molar-refractivity contribution < 1.29 is 27.2 Å². The van der Waals surface area contributed by atoms with Crippen LogP contribution in [0.2, 0.25) is 0 Å². The van der Waals surface area contributed by atoms with Crippen LogP contribution in [0.5, 0.6) is 0 Å². The molecule has 2 amide bonds. The lowest BCUT2D eigenvalue weighted by Crippen LogP contribution is -2.44. The molecule has 38 heavy (non-hydrogen) atoms. The molecule has 2 aliphatic heterocycles. The highest BCUT2D eigenvalue weighted by atomic mass is 19.4.